The topological polar surface area (TPSA) is 63.1 Å². The molecule has 0 amide bonds. The Balaban J connectivity index is 1.36. The Morgan fingerprint density at radius 2 is 1.72 bits per heavy atom. The van der Waals surface area contributed by atoms with Gasteiger partial charge < -0.3 is 20.6 Å². The first kappa shape index (κ1) is 24.1. The minimum absolute atomic E-state index is 0.114. The molecule has 0 radical (unpaired) electrons. The zero-order valence-electron chi connectivity index (χ0n) is 19.6. The molecule has 2 aromatic carbocycles. The number of aliphatic hydroxyl groups excluding tert-OH is 1. The number of guanidine groups is 1. The van der Waals surface area contributed by atoms with Gasteiger partial charge in [0.2, 0.25) is 0 Å². The summed E-state index contributed by atoms with van der Waals surface area (Å²) in [5.74, 6) is 0.837. The number of aliphatic imine (C=N–C) groups is 1. The third-order valence-corrected chi connectivity index (χ3v) is 6.07. The van der Waals surface area contributed by atoms with Crippen LogP contribution in [0.1, 0.15) is 37.3 Å². The zero-order valence-corrected chi connectivity index (χ0v) is 19.6. The van der Waals surface area contributed by atoms with Gasteiger partial charge in [0.05, 0.1) is 6.10 Å². The predicted molar refractivity (Wildman–Crippen MR) is 134 cm³/mol. The van der Waals surface area contributed by atoms with Crippen LogP contribution in [0, 0.1) is 0 Å². The van der Waals surface area contributed by atoms with Gasteiger partial charge in [0, 0.05) is 58.5 Å². The quantitative estimate of drug-likeness (QED) is 0.303. The van der Waals surface area contributed by atoms with Gasteiger partial charge in [-0.1, -0.05) is 42.5 Å². The van der Waals surface area contributed by atoms with Crippen molar-refractivity contribution in [3.8, 4) is 0 Å². The van der Waals surface area contributed by atoms with Gasteiger partial charge in [-0.15, -0.1) is 0 Å². The summed E-state index contributed by atoms with van der Waals surface area (Å²) in [6.07, 6.45) is 2.71. The van der Waals surface area contributed by atoms with E-state index in [0.29, 0.717) is 0 Å². The van der Waals surface area contributed by atoms with Crippen molar-refractivity contribution in [2.75, 3.05) is 44.7 Å². The van der Waals surface area contributed by atoms with Crippen LogP contribution in [0.15, 0.2) is 59.6 Å². The summed E-state index contributed by atoms with van der Waals surface area (Å²) in [4.78, 5) is 9.17. The molecule has 1 saturated heterocycles. The zero-order chi connectivity index (χ0) is 22.6. The molecule has 6 nitrogen and oxygen atoms in total. The van der Waals surface area contributed by atoms with Crippen molar-refractivity contribution >= 4 is 11.6 Å². The molecule has 0 aromatic heterocycles. The number of nitrogens with zero attached hydrogens (tertiary/aromatic N) is 3. The minimum atomic E-state index is -0.114. The Bertz CT molecular complexity index is 801. The molecule has 2 aromatic rings. The largest absolute Gasteiger partial charge is 0.393 e. The summed E-state index contributed by atoms with van der Waals surface area (Å²) >= 11 is 0. The normalized spacial score (nSPS) is 15.5. The highest BCUT2D eigenvalue weighted by molar-refractivity contribution is 5.79. The SMILES string of the molecule is CCN(CCCNC(=NC)NCc1ccc(CN2CCC(O)CC2)cc1)c1ccccc1. The van der Waals surface area contributed by atoms with E-state index >= 15 is 0 Å². The highest BCUT2D eigenvalue weighted by atomic mass is 16.3. The minimum Gasteiger partial charge on any atom is -0.393 e. The van der Waals surface area contributed by atoms with Crippen LogP contribution in [0.25, 0.3) is 0 Å². The van der Waals surface area contributed by atoms with Crippen molar-refractivity contribution in [2.24, 2.45) is 4.99 Å². The fraction of sp³-hybridized carbons (Fsp3) is 0.500. The molecular weight excluding hydrogens is 398 g/mol. The highest BCUT2D eigenvalue weighted by Crippen LogP contribution is 2.15. The van der Waals surface area contributed by atoms with Crippen LogP contribution >= 0.6 is 0 Å². The monoisotopic (exact) mass is 437 g/mol. The maximum Gasteiger partial charge on any atom is 0.191 e. The molecule has 0 atom stereocenters. The van der Waals surface area contributed by atoms with Crippen LogP contribution in [-0.2, 0) is 13.1 Å². The Morgan fingerprint density at radius 3 is 2.38 bits per heavy atom. The third-order valence-electron chi connectivity index (χ3n) is 6.07. The second-order valence-electron chi connectivity index (χ2n) is 8.45. The molecule has 0 saturated carbocycles. The number of rotatable bonds is 10. The Labute approximate surface area is 193 Å². The number of piperidine rings is 1. The number of likely N-dealkylation sites (tertiary alicyclic amines) is 1. The van der Waals surface area contributed by atoms with Gasteiger partial charge in [-0.3, -0.25) is 9.89 Å². The van der Waals surface area contributed by atoms with E-state index in [9.17, 15) is 5.11 Å². The van der Waals surface area contributed by atoms with Crippen LogP contribution in [0.3, 0.4) is 0 Å². The van der Waals surface area contributed by atoms with E-state index in [1.807, 2.05) is 7.05 Å². The number of para-hydroxylation sites is 1. The van der Waals surface area contributed by atoms with Crippen LogP contribution in [0.4, 0.5) is 5.69 Å². The van der Waals surface area contributed by atoms with Crippen molar-refractivity contribution in [3.05, 3.63) is 65.7 Å². The molecule has 6 heteroatoms. The number of aliphatic hydroxyl groups is 1. The standard InChI is InChI=1S/C26H39N5O/c1-3-31(24-8-5-4-6-9-24)17-7-16-28-26(27-2)29-20-22-10-12-23(13-11-22)21-30-18-14-25(32)15-19-30/h4-6,8-13,25,32H,3,7,14-21H2,1-2H3,(H2,27,28,29). The van der Waals surface area contributed by atoms with Crippen molar-refractivity contribution < 1.29 is 5.11 Å². The van der Waals surface area contributed by atoms with Gasteiger partial charge >= 0.3 is 0 Å². The molecule has 1 aliphatic rings. The maximum atomic E-state index is 9.65. The molecule has 0 aliphatic carbocycles. The van der Waals surface area contributed by atoms with E-state index in [2.05, 4.69) is 86.9 Å². The summed E-state index contributed by atoms with van der Waals surface area (Å²) in [5, 5.41) is 16.5. The molecular formula is C26H39N5O. The number of hydrogen-bond acceptors (Lipinski definition) is 4. The second kappa shape index (κ2) is 13.1. The number of hydrogen-bond donors (Lipinski definition) is 3. The van der Waals surface area contributed by atoms with Gasteiger partial charge in [-0.05, 0) is 49.4 Å². The fourth-order valence-corrected chi connectivity index (χ4v) is 4.09. The van der Waals surface area contributed by atoms with Gasteiger partial charge in [0.25, 0.3) is 0 Å². The van der Waals surface area contributed by atoms with Crippen molar-refractivity contribution in [1.82, 2.24) is 15.5 Å². The second-order valence-corrected chi connectivity index (χ2v) is 8.45. The first-order valence-corrected chi connectivity index (χ1v) is 11.9. The smallest absolute Gasteiger partial charge is 0.191 e. The lowest BCUT2D eigenvalue weighted by Gasteiger charge is -2.29. The first-order valence-electron chi connectivity index (χ1n) is 11.9. The number of anilines is 1. The predicted octanol–water partition coefficient (Wildman–Crippen LogP) is 3.22. The van der Waals surface area contributed by atoms with E-state index < -0.39 is 0 Å². The molecule has 3 rings (SSSR count). The molecule has 1 fully saturated rings. The lowest BCUT2D eigenvalue weighted by atomic mass is 10.1. The van der Waals surface area contributed by atoms with E-state index in [1.165, 1.54) is 16.8 Å². The molecule has 32 heavy (non-hydrogen) atoms. The van der Waals surface area contributed by atoms with Crippen molar-refractivity contribution in [1.29, 1.82) is 0 Å². The molecule has 1 aliphatic heterocycles. The average molecular weight is 438 g/mol. The Morgan fingerprint density at radius 1 is 1.03 bits per heavy atom. The molecule has 0 unspecified atom stereocenters. The summed E-state index contributed by atoms with van der Waals surface area (Å²) in [7, 11) is 1.82. The van der Waals surface area contributed by atoms with E-state index in [0.717, 1.165) is 71.0 Å². The van der Waals surface area contributed by atoms with E-state index in [-0.39, 0.29) is 6.10 Å². The summed E-state index contributed by atoms with van der Waals surface area (Å²) < 4.78 is 0. The summed E-state index contributed by atoms with van der Waals surface area (Å²) in [6.45, 7) is 8.77. The Kier molecular flexibility index (Phi) is 9.85. The van der Waals surface area contributed by atoms with E-state index in [1.54, 1.807) is 0 Å². The van der Waals surface area contributed by atoms with Gasteiger partial charge in [0.1, 0.15) is 0 Å². The van der Waals surface area contributed by atoms with E-state index in [4.69, 9.17) is 0 Å². The van der Waals surface area contributed by atoms with Crippen LogP contribution in [0.5, 0.6) is 0 Å². The highest BCUT2D eigenvalue weighted by Gasteiger charge is 2.16. The summed E-state index contributed by atoms with van der Waals surface area (Å²) in [6, 6.07) is 19.4. The van der Waals surface area contributed by atoms with Gasteiger partial charge in [-0.2, -0.15) is 0 Å². The molecule has 174 valence electrons. The summed E-state index contributed by atoms with van der Waals surface area (Å²) in [5.41, 5.74) is 3.84. The average Bonchev–Trinajstić information content (AvgIpc) is 2.84. The van der Waals surface area contributed by atoms with Crippen molar-refractivity contribution in [2.45, 2.75) is 45.4 Å². The Hall–Kier alpha value is -2.57. The van der Waals surface area contributed by atoms with Crippen LogP contribution < -0.4 is 15.5 Å². The molecule has 1 heterocycles. The van der Waals surface area contributed by atoms with Gasteiger partial charge in [0.15, 0.2) is 5.96 Å². The number of benzene rings is 2. The lowest BCUT2D eigenvalue weighted by molar-refractivity contribution is 0.0792. The molecule has 3 N–H and O–H groups in total. The van der Waals surface area contributed by atoms with Crippen LogP contribution in [-0.4, -0.2) is 61.8 Å². The maximum absolute atomic E-state index is 9.65. The number of nitrogens with one attached hydrogen (secondary N) is 2. The fourth-order valence-electron chi connectivity index (χ4n) is 4.09. The van der Waals surface area contributed by atoms with Crippen LogP contribution in [0.2, 0.25) is 0 Å². The lowest BCUT2D eigenvalue weighted by Crippen LogP contribution is -2.38. The third kappa shape index (κ3) is 7.84. The van der Waals surface area contributed by atoms with Gasteiger partial charge in [-0.25, -0.2) is 0 Å². The van der Waals surface area contributed by atoms with Crippen molar-refractivity contribution in [3.63, 3.8) is 0 Å². The molecule has 0 spiro atoms. The first-order chi connectivity index (χ1) is 15.7. The molecule has 0 bridgehead atoms.